The minimum absolute atomic E-state index is 0.0158. The van der Waals surface area contributed by atoms with Gasteiger partial charge >= 0.3 is 0 Å². The van der Waals surface area contributed by atoms with Crippen molar-refractivity contribution in [3.63, 3.8) is 0 Å². The SMILES string of the molecule is CCOc1ccccc1N(CC(=O)N(Cc1ccc(Cl)cc1Cl)C(C)C(=O)NC(C)CC)S(=O)(=O)c1ccc(C)cc1. The first kappa shape index (κ1) is 33.2. The van der Waals surface area contributed by atoms with Gasteiger partial charge in [0.2, 0.25) is 11.8 Å². The Balaban J connectivity index is 2.10. The molecular formula is C31H37Cl2N3O5S. The van der Waals surface area contributed by atoms with Crippen molar-refractivity contribution in [2.24, 2.45) is 0 Å². The van der Waals surface area contributed by atoms with Crippen molar-refractivity contribution in [3.8, 4) is 5.75 Å². The first-order valence-corrected chi connectivity index (χ1v) is 15.9. The van der Waals surface area contributed by atoms with Crippen molar-refractivity contribution >= 4 is 50.7 Å². The molecule has 2 atom stereocenters. The summed E-state index contributed by atoms with van der Waals surface area (Å²) in [7, 11) is -4.23. The fraction of sp³-hybridized carbons (Fsp3) is 0.355. The van der Waals surface area contributed by atoms with Crippen molar-refractivity contribution in [2.75, 3.05) is 17.5 Å². The monoisotopic (exact) mass is 633 g/mol. The molecular weight excluding hydrogens is 597 g/mol. The van der Waals surface area contributed by atoms with Crippen molar-refractivity contribution < 1.29 is 22.7 Å². The average Bonchev–Trinajstić information content (AvgIpc) is 2.95. The molecule has 0 heterocycles. The van der Waals surface area contributed by atoms with Crippen LogP contribution in [0, 0.1) is 6.92 Å². The number of aryl methyl sites for hydroxylation is 1. The van der Waals surface area contributed by atoms with Gasteiger partial charge in [-0.2, -0.15) is 0 Å². The molecule has 2 amide bonds. The molecule has 8 nitrogen and oxygen atoms in total. The van der Waals surface area contributed by atoms with E-state index in [1.54, 1.807) is 68.4 Å². The highest BCUT2D eigenvalue weighted by molar-refractivity contribution is 7.92. The molecule has 0 saturated heterocycles. The van der Waals surface area contributed by atoms with Crippen LogP contribution in [0.4, 0.5) is 5.69 Å². The van der Waals surface area contributed by atoms with Crippen LogP contribution >= 0.6 is 23.2 Å². The van der Waals surface area contributed by atoms with Crippen LogP contribution in [0.3, 0.4) is 0 Å². The third-order valence-electron chi connectivity index (χ3n) is 6.85. The third-order valence-corrected chi connectivity index (χ3v) is 9.21. The summed E-state index contributed by atoms with van der Waals surface area (Å²) in [5, 5.41) is 3.65. The molecule has 3 aromatic rings. The number of benzene rings is 3. The van der Waals surface area contributed by atoms with E-state index in [9.17, 15) is 18.0 Å². The summed E-state index contributed by atoms with van der Waals surface area (Å²) in [5.74, 6) is -0.668. The lowest BCUT2D eigenvalue weighted by Gasteiger charge is -2.33. The van der Waals surface area contributed by atoms with E-state index in [0.717, 1.165) is 9.87 Å². The van der Waals surface area contributed by atoms with Crippen molar-refractivity contribution in [3.05, 3.63) is 87.9 Å². The summed E-state index contributed by atoms with van der Waals surface area (Å²) < 4.78 is 34.9. The highest BCUT2D eigenvalue weighted by Crippen LogP contribution is 2.33. The van der Waals surface area contributed by atoms with E-state index in [0.29, 0.717) is 27.8 Å². The standard InChI is InChI=1S/C31H37Cl2N3O5S/c1-6-22(4)34-31(38)23(5)35(19-24-14-15-25(32)18-27(24)33)30(37)20-36(28-10-8-9-11-29(28)41-7-2)42(39,40)26-16-12-21(3)13-17-26/h8-18,22-23H,6-7,19-20H2,1-5H3,(H,34,38). The number of amides is 2. The molecule has 0 radical (unpaired) electrons. The van der Waals surface area contributed by atoms with E-state index in [1.807, 2.05) is 20.8 Å². The maximum atomic E-state index is 14.1. The molecule has 11 heteroatoms. The zero-order chi connectivity index (χ0) is 31.0. The van der Waals surface area contributed by atoms with Crippen LogP contribution in [0.15, 0.2) is 71.6 Å². The minimum Gasteiger partial charge on any atom is -0.492 e. The number of halogens is 2. The number of carbonyl (C=O) groups is 2. The van der Waals surface area contributed by atoms with E-state index in [2.05, 4.69) is 5.32 Å². The second-order valence-corrected chi connectivity index (χ2v) is 12.7. The predicted molar refractivity (Wildman–Crippen MR) is 168 cm³/mol. The second kappa shape index (κ2) is 14.8. The summed E-state index contributed by atoms with van der Waals surface area (Å²) in [5.41, 5.74) is 1.65. The van der Waals surface area contributed by atoms with E-state index in [-0.39, 0.29) is 35.7 Å². The lowest BCUT2D eigenvalue weighted by molar-refractivity contribution is -0.139. The number of nitrogens with one attached hydrogen (secondary N) is 1. The average molecular weight is 635 g/mol. The molecule has 0 spiro atoms. The van der Waals surface area contributed by atoms with Crippen LogP contribution < -0.4 is 14.4 Å². The van der Waals surface area contributed by atoms with Crippen LogP contribution in [0.25, 0.3) is 0 Å². The molecule has 3 rings (SSSR count). The number of anilines is 1. The van der Waals surface area contributed by atoms with Crippen molar-refractivity contribution in [1.29, 1.82) is 0 Å². The van der Waals surface area contributed by atoms with Crippen LogP contribution in [0.1, 0.15) is 45.2 Å². The predicted octanol–water partition coefficient (Wildman–Crippen LogP) is 6.23. The molecule has 2 unspecified atom stereocenters. The van der Waals surface area contributed by atoms with Gasteiger partial charge in [0.25, 0.3) is 10.0 Å². The molecule has 0 fully saturated rings. The maximum Gasteiger partial charge on any atom is 0.264 e. The second-order valence-electron chi connectivity index (χ2n) is 9.98. The zero-order valence-electron chi connectivity index (χ0n) is 24.4. The molecule has 0 aliphatic carbocycles. The van der Waals surface area contributed by atoms with Gasteiger partial charge in [-0.1, -0.05) is 66.0 Å². The van der Waals surface area contributed by atoms with E-state index in [1.165, 1.54) is 17.0 Å². The molecule has 226 valence electrons. The normalized spacial score (nSPS) is 12.7. The maximum absolute atomic E-state index is 14.1. The van der Waals surface area contributed by atoms with Crippen LogP contribution in [0.2, 0.25) is 10.0 Å². The molecule has 1 N–H and O–H groups in total. The topological polar surface area (TPSA) is 96.0 Å². The fourth-order valence-corrected chi connectivity index (χ4v) is 6.07. The third kappa shape index (κ3) is 8.18. The van der Waals surface area contributed by atoms with Gasteiger partial charge in [-0.3, -0.25) is 13.9 Å². The number of hydrogen-bond acceptors (Lipinski definition) is 5. The highest BCUT2D eigenvalue weighted by atomic mass is 35.5. The Labute approximate surface area is 258 Å². The van der Waals surface area contributed by atoms with Gasteiger partial charge in [0.05, 0.1) is 17.2 Å². The van der Waals surface area contributed by atoms with E-state index >= 15 is 0 Å². The largest absolute Gasteiger partial charge is 0.492 e. The summed E-state index contributed by atoms with van der Waals surface area (Å²) in [6, 6.07) is 16.8. The summed E-state index contributed by atoms with van der Waals surface area (Å²) in [6.07, 6.45) is 0.701. The number of carbonyl (C=O) groups excluding carboxylic acids is 2. The number of ether oxygens (including phenoxy) is 1. The summed E-state index contributed by atoms with van der Waals surface area (Å²) in [4.78, 5) is 28.7. The lowest BCUT2D eigenvalue weighted by atomic mass is 10.1. The van der Waals surface area contributed by atoms with Crippen molar-refractivity contribution in [2.45, 2.75) is 64.6 Å². The molecule has 42 heavy (non-hydrogen) atoms. The fourth-order valence-electron chi connectivity index (χ4n) is 4.17. The zero-order valence-corrected chi connectivity index (χ0v) is 26.8. The highest BCUT2D eigenvalue weighted by Gasteiger charge is 2.34. The molecule has 0 aliphatic heterocycles. The molecule has 0 saturated carbocycles. The molecule has 0 bridgehead atoms. The van der Waals surface area contributed by atoms with E-state index < -0.39 is 28.5 Å². The Kier molecular flexibility index (Phi) is 11.7. The Hall–Kier alpha value is -3.27. The van der Waals surface area contributed by atoms with Gasteiger partial charge < -0.3 is 15.0 Å². The Morgan fingerprint density at radius 1 is 0.976 bits per heavy atom. The van der Waals surface area contributed by atoms with Gasteiger partial charge in [0, 0.05) is 22.6 Å². The van der Waals surface area contributed by atoms with Crippen LogP contribution in [-0.4, -0.2) is 50.4 Å². The van der Waals surface area contributed by atoms with Crippen LogP contribution in [0.5, 0.6) is 5.75 Å². The first-order chi connectivity index (χ1) is 19.9. The number of rotatable bonds is 13. The number of para-hydroxylation sites is 2. The van der Waals surface area contributed by atoms with Crippen LogP contribution in [-0.2, 0) is 26.2 Å². The number of sulfonamides is 1. The quantitative estimate of drug-likeness (QED) is 0.241. The number of hydrogen-bond donors (Lipinski definition) is 1. The van der Waals surface area contributed by atoms with Gasteiger partial charge in [-0.15, -0.1) is 0 Å². The molecule has 0 aliphatic rings. The lowest BCUT2D eigenvalue weighted by Crippen LogP contribution is -2.52. The molecule has 3 aromatic carbocycles. The Morgan fingerprint density at radius 3 is 2.26 bits per heavy atom. The first-order valence-electron chi connectivity index (χ1n) is 13.7. The van der Waals surface area contributed by atoms with Crippen molar-refractivity contribution in [1.82, 2.24) is 10.2 Å². The Morgan fingerprint density at radius 2 is 1.64 bits per heavy atom. The summed E-state index contributed by atoms with van der Waals surface area (Å²) >= 11 is 12.5. The van der Waals surface area contributed by atoms with Gasteiger partial charge in [-0.05, 0) is 76.1 Å². The molecule has 0 aromatic heterocycles. The van der Waals surface area contributed by atoms with E-state index in [4.69, 9.17) is 27.9 Å². The number of nitrogens with zero attached hydrogens (tertiary/aromatic N) is 2. The van der Waals surface area contributed by atoms with Gasteiger partial charge in [-0.25, -0.2) is 8.42 Å². The smallest absolute Gasteiger partial charge is 0.264 e. The summed E-state index contributed by atoms with van der Waals surface area (Å²) in [6.45, 7) is 8.71. The van der Waals surface area contributed by atoms with Gasteiger partial charge in [0.1, 0.15) is 18.3 Å². The minimum atomic E-state index is -4.23. The Bertz CT molecular complexity index is 1500. The van der Waals surface area contributed by atoms with Gasteiger partial charge in [0.15, 0.2) is 0 Å².